The number of primary amides is 1. The van der Waals surface area contributed by atoms with Crippen LogP contribution < -0.4 is 11.5 Å². The number of hydrogen-bond donors (Lipinski definition) is 2. The maximum atomic E-state index is 10.9. The fourth-order valence-corrected chi connectivity index (χ4v) is 1.80. The molecule has 15 heavy (non-hydrogen) atoms. The van der Waals surface area contributed by atoms with Gasteiger partial charge in [0.05, 0.1) is 0 Å². The highest BCUT2D eigenvalue weighted by atomic mass is 32.2. The summed E-state index contributed by atoms with van der Waals surface area (Å²) in [4.78, 5) is 11.0. The molecule has 1 unspecified atom stereocenters. The van der Waals surface area contributed by atoms with Crippen LogP contribution in [0.1, 0.15) is 15.9 Å². The van der Waals surface area contributed by atoms with Gasteiger partial charge in [-0.3, -0.25) is 9.00 Å². The Hall–Kier alpha value is -1.24. The summed E-state index contributed by atoms with van der Waals surface area (Å²) in [5, 5.41) is 0. The molecule has 0 aromatic heterocycles. The van der Waals surface area contributed by atoms with E-state index in [0.29, 0.717) is 18.5 Å². The van der Waals surface area contributed by atoms with Crippen molar-refractivity contribution < 1.29 is 13.6 Å². The van der Waals surface area contributed by atoms with E-state index in [-0.39, 0.29) is 10.5 Å². The molecule has 5 nitrogen and oxygen atoms in total. The van der Waals surface area contributed by atoms with Crippen LogP contribution >= 0.6 is 0 Å². The largest absolute Gasteiger partial charge is 0.768 e. The number of benzene rings is 1. The average Bonchev–Trinajstić information content (AvgIpc) is 2.17. The minimum absolute atomic E-state index is 0.158. The Bertz CT molecular complexity index is 406. The van der Waals surface area contributed by atoms with Crippen LogP contribution in [0, 0.1) is 0 Å². The topological polar surface area (TPSA) is 109 Å². The molecule has 0 aliphatic rings. The SMILES string of the molecule is NCCc1cc(C(N)=O)ccc1S(=O)[O-]. The molecule has 0 aliphatic heterocycles. The molecule has 1 aromatic carbocycles. The molecule has 0 heterocycles. The predicted octanol–water partition coefficient (Wildman–Crippen LogP) is -0.475. The molecule has 0 saturated carbocycles. The second-order valence-corrected chi connectivity index (χ2v) is 3.87. The average molecular weight is 227 g/mol. The van der Waals surface area contributed by atoms with Gasteiger partial charge in [0.25, 0.3) is 0 Å². The van der Waals surface area contributed by atoms with E-state index in [4.69, 9.17) is 11.5 Å². The summed E-state index contributed by atoms with van der Waals surface area (Å²) in [5.74, 6) is -0.587. The van der Waals surface area contributed by atoms with Gasteiger partial charge in [0.1, 0.15) is 0 Å². The monoisotopic (exact) mass is 227 g/mol. The van der Waals surface area contributed by atoms with Gasteiger partial charge in [-0.25, -0.2) is 0 Å². The summed E-state index contributed by atoms with van der Waals surface area (Å²) in [7, 11) is 0. The normalized spacial score (nSPS) is 12.4. The first-order valence-electron chi connectivity index (χ1n) is 4.28. The van der Waals surface area contributed by atoms with Crippen LogP contribution in [-0.4, -0.2) is 21.2 Å². The van der Waals surface area contributed by atoms with Crippen molar-refractivity contribution in [2.75, 3.05) is 6.54 Å². The highest BCUT2D eigenvalue weighted by Gasteiger charge is 2.07. The van der Waals surface area contributed by atoms with Gasteiger partial charge in [-0.05, 0) is 47.8 Å². The number of rotatable bonds is 4. The standard InChI is InChI=1S/C9H12N2O3S/c10-4-3-6-5-7(9(11)12)1-2-8(6)15(13)14/h1-2,5H,3-4,10H2,(H2,11,12)(H,13,14)/p-1. The van der Waals surface area contributed by atoms with Crippen LogP contribution in [0.25, 0.3) is 0 Å². The smallest absolute Gasteiger partial charge is 0.248 e. The summed E-state index contributed by atoms with van der Waals surface area (Å²) in [6, 6.07) is 4.20. The molecule has 0 spiro atoms. The van der Waals surface area contributed by atoms with E-state index in [1.54, 1.807) is 0 Å². The predicted molar refractivity (Wildman–Crippen MR) is 54.9 cm³/mol. The third-order valence-corrected chi connectivity index (χ3v) is 2.70. The number of carbonyl (C=O) groups is 1. The minimum Gasteiger partial charge on any atom is -0.768 e. The molecule has 0 bridgehead atoms. The molecule has 1 amide bonds. The van der Waals surface area contributed by atoms with E-state index in [2.05, 4.69) is 0 Å². The Morgan fingerprint density at radius 2 is 2.13 bits per heavy atom. The van der Waals surface area contributed by atoms with Gasteiger partial charge in [0, 0.05) is 10.5 Å². The minimum atomic E-state index is -2.32. The summed E-state index contributed by atoms with van der Waals surface area (Å²) in [5.41, 5.74) is 11.2. The fourth-order valence-electron chi connectivity index (χ4n) is 1.25. The Balaban J connectivity index is 3.20. The van der Waals surface area contributed by atoms with E-state index in [1.807, 2.05) is 0 Å². The molecule has 4 N–H and O–H groups in total. The lowest BCUT2D eigenvalue weighted by Gasteiger charge is -2.12. The van der Waals surface area contributed by atoms with Gasteiger partial charge in [0.2, 0.25) is 5.91 Å². The zero-order chi connectivity index (χ0) is 11.4. The zero-order valence-electron chi connectivity index (χ0n) is 7.93. The van der Waals surface area contributed by atoms with Crippen LogP contribution in [0.2, 0.25) is 0 Å². The number of amides is 1. The van der Waals surface area contributed by atoms with Crippen LogP contribution in [0.5, 0.6) is 0 Å². The van der Waals surface area contributed by atoms with Gasteiger partial charge < -0.3 is 16.0 Å². The highest BCUT2D eigenvalue weighted by molar-refractivity contribution is 7.79. The molecule has 1 rings (SSSR count). The molecule has 1 atom stereocenters. The molecular weight excluding hydrogens is 216 g/mol. The van der Waals surface area contributed by atoms with Crippen LogP contribution in [0.4, 0.5) is 0 Å². The van der Waals surface area contributed by atoms with Crippen molar-refractivity contribution in [1.29, 1.82) is 0 Å². The van der Waals surface area contributed by atoms with Crippen LogP contribution in [-0.2, 0) is 17.5 Å². The number of carbonyl (C=O) groups excluding carboxylic acids is 1. The molecule has 1 aromatic rings. The van der Waals surface area contributed by atoms with E-state index in [1.165, 1.54) is 18.2 Å². The van der Waals surface area contributed by atoms with Crippen molar-refractivity contribution in [3.05, 3.63) is 29.3 Å². The Morgan fingerprint density at radius 3 is 2.60 bits per heavy atom. The summed E-state index contributed by atoms with van der Waals surface area (Å²) >= 11 is -2.32. The lowest BCUT2D eigenvalue weighted by atomic mass is 10.1. The van der Waals surface area contributed by atoms with Crippen LogP contribution in [0.15, 0.2) is 23.1 Å². The third-order valence-electron chi connectivity index (χ3n) is 1.94. The van der Waals surface area contributed by atoms with E-state index in [0.717, 1.165) is 0 Å². The lowest BCUT2D eigenvalue weighted by Crippen LogP contribution is -2.13. The second kappa shape index (κ2) is 5.01. The van der Waals surface area contributed by atoms with E-state index < -0.39 is 17.0 Å². The first-order chi connectivity index (χ1) is 7.06. The number of hydrogen-bond acceptors (Lipinski definition) is 4. The molecule has 0 radical (unpaired) electrons. The van der Waals surface area contributed by atoms with Gasteiger partial charge in [-0.1, -0.05) is 0 Å². The van der Waals surface area contributed by atoms with Crippen molar-refractivity contribution in [2.24, 2.45) is 11.5 Å². The maximum Gasteiger partial charge on any atom is 0.248 e. The lowest BCUT2D eigenvalue weighted by molar-refractivity contribution is 0.1000. The Labute approximate surface area is 89.7 Å². The molecule has 0 aliphatic carbocycles. The van der Waals surface area contributed by atoms with Gasteiger partial charge in [-0.15, -0.1) is 0 Å². The van der Waals surface area contributed by atoms with E-state index in [9.17, 15) is 13.6 Å². The first kappa shape index (κ1) is 11.8. The highest BCUT2D eigenvalue weighted by Crippen LogP contribution is 2.15. The van der Waals surface area contributed by atoms with Gasteiger partial charge in [-0.2, -0.15) is 0 Å². The van der Waals surface area contributed by atoms with Crippen LogP contribution in [0.3, 0.4) is 0 Å². The number of nitrogens with two attached hydrogens (primary N) is 2. The fraction of sp³-hybridized carbons (Fsp3) is 0.222. The second-order valence-electron chi connectivity index (χ2n) is 2.96. The van der Waals surface area contributed by atoms with Crippen molar-refractivity contribution in [3.8, 4) is 0 Å². The summed E-state index contributed by atoms with van der Waals surface area (Å²) in [6.07, 6.45) is 0.393. The summed E-state index contributed by atoms with van der Waals surface area (Å²) < 4.78 is 21.6. The van der Waals surface area contributed by atoms with Crippen molar-refractivity contribution >= 4 is 17.0 Å². The third kappa shape index (κ3) is 2.85. The van der Waals surface area contributed by atoms with E-state index >= 15 is 0 Å². The van der Waals surface area contributed by atoms with Gasteiger partial charge in [0.15, 0.2) is 0 Å². The molecule has 6 heteroatoms. The molecule has 0 fully saturated rings. The van der Waals surface area contributed by atoms with Crippen molar-refractivity contribution in [1.82, 2.24) is 0 Å². The Kier molecular flexibility index (Phi) is 3.96. The maximum absolute atomic E-state index is 10.9. The first-order valence-corrected chi connectivity index (χ1v) is 5.36. The molecule has 82 valence electrons. The zero-order valence-corrected chi connectivity index (χ0v) is 8.75. The summed E-state index contributed by atoms with van der Waals surface area (Å²) in [6.45, 7) is 0.312. The quantitative estimate of drug-likeness (QED) is 0.677. The molecular formula is C9H11N2O3S-. The van der Waals surface area contributed by atoms with Crippen molar-refractivity contribution in [2.45, 2.75) is 11.3 Å². The Morgan fingerprint density at radius 1 is 1.47 bits per heavy atom. The van der Waals surface area contributed by atoms with Crippen molar-refractivity contribution in [3.63, 3.8) is 0 Å². The van der Waals surface area contributed by atoms with Gasteiger partial charge >= 0.3 is 0 Å². The molecule has 0 saturated heterocycles.